The monoisotopic (exact) mass is 515 g/mol. The molecule has 190 valence electrons. The molecule has 0 unspecified atom stereocenters. The van der Waals surface area contributed by atoms with Gasteiger partial charge in [-0.05, 0) is 28.7 Å². The van der Waals surface area contributed by atoms with Crippen LogP contribution < -0.4 is 4.90 Å². The van der Waals surface area contributed by atoms with Gasteiger partial charge in [-0.3, -0.25) is 24.5 Å². The SMILES string of the molecule is O=C(c1cccc([N+](=O)[O-])c1)[C@@H]1[C@@H]2C(=O)N(c3cccc4ccccc34)C(=O)[C@H]2[C@@H]2c3ccccc3C=CN12. The van der Waals surface area contributed by atoms with E-state index in [0.29, 0.717) is 5.69 Å². The molecule has 8 nitrogen and oxygen atoms in total. The van der Waals surface area contributed by atoms with E-state index in [-0.39, 0.29) is 17.2 Å². The average molecular weight is 516 g/mol. The number of hydrogen-bond acceptors (Lipinski definition) is 6. The first-order chi connectivity index (χ1) is 19.0. The normalized spacial score (nSPS) is 23.1. The molecule has 3 aliphatic rings. The first-order valence-corrected chi connectivity index (χ1v) is 12.6. The highest BCUT2D eigenvalue weighted by Gasteiger charge is 2.64. The minimum absolute atomic E-state index is 0.129. The fourth-order valence-corrected chi connectivity index (χ4v) is 6.44. The second kappa shape index (κ2) is 8.46. The quantitative estimate of drug-likeness (QED) is 0.161. The maximum Gasteiger partial charge on any atom is 0.270 e. The summed E-state index contributed by atoms with van der Waals surface area (Å²) in [7, 11) is 0. The summed E-state index contributed by atoms with van der Waals surface area (Å²) >= 11 is 0. The number of carbonyl (C=O) groups excluding carboxylic acids is 3. The predicted molar refractivity (Wildman–Crippen MR) is 145 cm³/mol. The van der Waals surface area contributed by atoms with Gasteiger partial charge in [0, 0.05) is 29.3 Å². The molecular formula is C31H21N3O5. The van der Waals surface area contributed by atoms with Crippen LogP contribution >= 0.6 is 0 Å². The summed E-state index contributed by atoms with van der Waals surface area (Å²) in [5.74, 6) is -2.97. The average Bonchev–Trinajstić information content (AvgIpc) is 3.44. The zero-order chi connectivity index (χ0) is 26.8. The molecule has 0 N–H and O–H groups in total. The molecule has 4 aromatic rings. The predicted octanol–water partition coefficient (Wildman–Crippen LogP) is 5.15. The Morgan fingerprint density at radius 1 is 0.821 bits per heavy atom. The Morgan fingerprint density at radius 3 is 2.38 bits per heavy atom. The number of carbonyl (C=O) groups is 3. The van der Waals surface area contributed by atoms with E-state index in [2.05, 4.69) is 0 Å². The molecule has 2 amide bonds. The fourth-order valence-electron chi connectivity index (χ4n) is 6.44. The summed E-state index contributed by atoms with van der Waals surface area (Å²) < 4.78 is 0. The Labute approximate surface area is 222 Å². The molecule has 0 bridgehead atoms. The number of non-ortho nitro benzene ring substituents is 1. The fraction of sp³-hybridized carbons (Fsp3) is 0.129. The molecule has 4 aromatic carbocycles. The van der Waals surface area contributed by atoms with Crippen LogP contribution in [-0.4, -0.2) is 33.5 Å². The van der Waals surface area contributed by atoms with Gasteiger partial charge in [0.15, 0.2) is 5.78 Å². The Hall–Kier alpha value is -5.11. The van der Waals surface area contributed by atoms with Crippen LogP contribution in [0.3, 0.4) is 0 Å². The summed E-state index contributed by atoms with van der Waals surface area (Å²) in [5, 5.41) is 13.1. The van der Waals surface area contributed by atoms with Crippen molar-refractivity contribution in [1.29, 1.82) is 0 Å². The molecule has 3 aliphatic heterocycles. The number of nitro benzene ring substituents is 1. The first kappa shape index (κ1) is 23.0. The van der Waals surface area contributed by atoms with Gasteiger partial charge in [-0.25, -0.2) is 4.90 Å². The van der Waals surface area contributed by atoms with Crippen molar-refractivity contribution in [2.24, 2.45) is 11.8 Å². The second-order valence-corrected chi connectivity index (χ2v) is 10.0. The summed E-state index contributed by atoms with van der Waals surface area (Å²) in [5.41, 5.74) is 2.20. The van der Waals surface area contributed by atoms with Gasteiger partial charge in [-0.1, -0.05) is 72.8 Å². The summed E-state index contributed by atoms with van der Waals surface area (Å²) in [6, 6.07) is 24.7. The number of nitro groups is 1. The zero-order valence-electron chi connectivity index (χ0n) is 20.5. The Kier molecular flexibility index (Phi) is 5.00. The van der Waals surface area contributed by atoms with E-state index in [1.165, 1.54) is 29.2 Å². The number of imide groups is 1. The highest BCUT2D eigenvalue weighted by Crippen LogP contribution is 2.54. The molecule has 4 atom stereocenters. The maximum atomic E-state index is 14.2. The topological polar surface area (TPSA) is 101 Å². The van der Waals surface area contributed by atoms with Gasteiger partial charge in [0.1, 0.15) is 6.04 Å². The van der Waals surface area contributed by atoms with E-state index >= 15 is 0 Å². The van der Waals surface area contributed by atoms with Crippen molar-refractivity contribution < 1.29 is 19.3 Å². The van der Waals surface area contributed by atoms with E-state index in [0.717, 1.165) is 21.9 Å². The number of Topliss-reactive ketones (excluding diaryl/α,β-unsaturated/α-hetero) is 1. The van der Waals surface area contributed by atoms with Gasteiger partial charge >= 0.3 is 0 Å². The van der Waals surface area contributed by atoms with Crippen molar-refractivity contribution in [1.82, 2.24) is 4.90 Å². The Bertz CT molecular complexity index is 1760. The van der Waals surface area contributed by atoms with Crippen molar-refractivity contribution in [3.05, 3.63) is 124 Å². The molecule has 7 rings (SSSR count). The number of fused-ring (bicyclic) bond motifs is 6. The first-order valence-electron chi connectivity index (χ1n) is 12.6. The van der Waals surface area contributed by atoms with Gasteiger partial charge in [-0.15, -0.1) is 0 Å². The third kappa shape index (κ3) is 3.28. The van der Waals surface area contributed by atoms with Gasteiger partial charge in [0.25, 0.3) is 5.69 Å². The van der Waals surface area contributed by atoms with Crippen LogP contribution in [0.5, 0.6) is 0 Å². The molecule has 0 aromatic heterocycles. The standard InChI is InChI=1S/C31H21N3O5/c35-29(20-10-5-11-21(17-20)34(38)39)28-26-25(27-23-13-4-2-8-19(23)15-16-32(27)28)30(36)33(31(26)37)24-14-6-9-18-7-1-3-12-22(18)24/h1-17,25-28H/t25-,26-,27+,28+/m1/s1. The van der Waals surface area contributed by atoms with Gasteiger partial charge in [-0.2, -0.15) is 0 Å². The van der Waals surface area contributed by atoms with Crippen LogP contribution in [-0.2, 0) is 9.59 Å². The van der Waals surface area contributed by atoms with Crippen molar-refractivity contribution in [3.63, 3.8) is 0 Å². The van der Waals surface area contributed by atoms with Gasteiger partial charge in [0.2, 0.25) is 11.8 Å². The maximum absolute atomic E-state index is 14.2. The molecule has 2 saturated heterocycles. The molecular weight excluding hydrogens is 494 g/mol. The number of rotatable bonds is 4. The van der Waals surface area contributed by atoms with Gasteiger partial charge in [0.05, 0.1) is 28.5 Å². The third-order valence-corrected chi connectivity index (χ3v) is 8.08. The highest BCUT2D eigenvalue weighted by atomic mass is 16.6. The summed E-state index contributed by atoms with van der Waals surface area (Å²) in [6.07, 6.45) is 3.64. The lowest BCUT2D eigenvalue weighted by Crippen LogP contribution is -2.44. The molecule has 0 spiro atoms. The van der Waals surface area contributed by atoms with E-state index in [9.17, 15) is 24.5 Å². The number of anilines is 1. The lowest BCUT2D eigenvalue weighted by atomic mass is 9.83. The Balaban J connectivity index is 1.39. The van der Waals surface area contributed by atoms with Crippen LogP contribution in [0.15, 0.2) is 97.2 Å². The van der Waals surface area contributed by atoms with Crippen LogP contribution in [0, 0.1) is 22.0 Å². The van der Waals surface area contributed by atoms with Crippen molar-refractivity contribution >= 4 is 45.8 Å². The number of ketones is 1. The molecule has 2 fully saturated rings. The smallest absolute Gasteiger partial charge is 0.270 e. The number of amides is 2. The molecule has 0 aliphatic carbocycles. The van der Waals surface area contributed by atoms with Gasteiger partial charge < -0.3 is 4.90 Å². The molecule has 0 saturated carbocycles. The third-order valence-electron chi connectivity index (χ3n) is 8.08. The highest BCUT2D eigenvalue weighted by molar-refractivity contribution is 6.27. The lowest BCUT2D eigenvalue weighted by Gasteiger charge is -2.35. The van der Waals surface area contributed by atoms with E-state index in [1.54, 1.807) is 17.2 Å². The minimum Gasteiger partial charge on any atom is -0.358 e. The minimum atomic E-state index is -0.997. The number of nitrogens with zero attached hydrogens (tertiary/aromatic N) is 3. The van der Waals surface area contributed by atoms with Crippen LogP contribution in [0.4, 0.5) is 11.4 Å². The van der Waals surface area contributed by atoms with E-state index in [1.807, 2.05) is 66.7 Å². The lowest BCUT2D eigenvalue weighted by molar-refractivity contribution is -0.384. The zero-order valence-corrected chi connectivity index (χ0v) is 20.5. The summed E-state index contributed by atoms with van der Waals surface area (Å²) in [6.45, 7) is 0. The molecule has 8 heteroatoms. The molecule has 39 heavy (non-hydrogen) atoms. The van der Waals surface area contributed by atoms with Crippen LogP contribution in [0.2, 0.25) is 0 Å². The van der Waals surface area contributed by atoms with Crippen molar-refractivity contribution in [3.8, 4) is 0 Å². The van der Waals surface area contributed by atoms with Crippen molar-refractivity contribution in [2.75, 3.05) is 4.90 Å². The van der Waals surface area contributed by atoms with E-state index in [4.69, 9.17) is 0 Å². The second-order valence-electron chi connectivity index (χ2n) is 10.0. The molecule has 3 heterocycles. The molecule has 0 radical (unpaired) electrons. The van der Waals surface area contributed by atoms with Crippen molar-refractivity contribution in [2.45, 2.75) is 12.1 Å². The number of benzene rings is 4. The number of hydrogen-bond donors (Lipinski definition) is 0. The van der Waals surface area contributed by atoms with E-state index < -0.39 is 40.5 Å². The summed E-state index contributed by atoms with van der Waals surface area (Å²) in [4.78, 5) is 56.4. The Morgan fingerprint density at radius 2 is 1.54 bits per heavy atom. The van der Waals surface area contributed by atoms with Crippen LogP contribution in [0.25, 0.3) is 16.8 Å². The van der Waals surface area contributed by atoms with Crippen LogP contribution in [0.1, 0.15) is 27.5 Å². The largest absolute Gasteiger partial charge is 0.358 e.